The topological polar surface area (TPSA) is 12.0 Å². The summed E-state index contributed by atoms with van der Waals surface area (Å²) in [7, 11) is 0. The normalized spacial score (nSPS) is 12.4. The molecule has 2 aromatic rings. The van der Waals surface area contributed by atoms with E-state index in [1.807, 2.05) is 24.3 Å². The van der Waals surface area contributed by atoms with Crippen LogP contribution in [0.1, 0.15) is 30.5 Å². The Hall–Kier alpha value is -1.09. The minimum absolute atomic E-state index is 0.128. The Morgan fingerprint density at radius 2 is 1.76 bits per heavy atom. The molecule has 0 fully saturated rings. The molecule has 2 aromatic carbocycles. The van der Waals surface area contributed by atoms with Gasteiger partial charge in [-0.15, -0.1) is 0 Å². The molecule has 1 unspecified atom stereocenters. The summed E-state index contributed by atoms with van der Waals surface area (Å²) in [5.41, 5.74) is 2.17. The Labute approximate surface area is 135 Å². The third kappa shape index (κ3) is 4.70. The second-order valence-corrected chi connectivity index (χ2v) is 5.83. The van der Waals surface area contributed by atoms with Gasteiger partial charge in [0.25, 0.3) is 0 Å². The lowest BCUT2D eigenvalue weighted by Gasteiger charge is -2.19. The van der Waals surface area contributed by atoms with Crippen LogP contribution < -0.4 is 5.32 Å². The number of hydrogen-bond acceptors (Lipinski definition) is 1. The van der Waals surface area contributed by atoms with Crippen LogP contribution in [0.4, 0.5) is 4.39 Å². The maximum atomic E-state index is 13.1. The predicted molar refractivity (Wildman–Crippen MR) is 87.6 cm³/mol. The second-order valence-electron chi connectivity index (χ2n) is 5.01. The first-order valence-corrected chi connectivity index (χ1v) is 7.78. The summed E-state index contributed by atoms with van der Waals surface area (Å²) < 4.78 is 13.1. The van der Waals surface area contributed by atoms with Crippen molar-refractivity contribution in [3.63, 3.8) is 0 Å². The molecule has 1 N–H and O–H groups in total. The van der Waals surface area contributed by atoms with Crippen molar-refractivity contribution in [2.45, 2.75) is 25.8 Å². The minimum atomic E-state index is -0.220. The number of rotatable bonds is 6. The van der Waals surface area contributed by atoms with Gasteiger partial charge in [0.2, 0.25) is 0 Å². The fourth-order valence-corrected chi connectivity index (χ4v) is 2.54. The van der Waals surface area contributed by atoms with Gasteiger partial charge in [0.05, 0.1) is 10.0 Å². The van der Waals surface area contributed by atoms with E-state index in [1.54, 1.807) is 6.07 Å². The van der Waals surface area contributed by atoms with Gasteiger partial charge >= 0.3 is 0 Å². The number of nitrogens with one attached hydrogen (secondary N) is 1. The monoisotopic (exact) mass is 325 g/mol. The van der Waals surface area contributed by atoms with E-state index in [1.165, 1.54) is 12.1 Å². The Kier molecular flexibility index (Phi) is 6.04. The first-order valence-electron chi connectivity index (χ1n) is 7.03. The van der Waals surface area contributed by atoms with Gasteiger partial charge in [0.1, 0.15) is 5.82 Å². The van der Waals surface area contributed by atoms with Crippen molar-refractivity contribution in [3.05, 3.63) is 69.5 Å². The Bertz CT molecular complexity index is 584. The summed E-state index contributed by atoms with van der Waals surface area (Å²) in [6.07, 6.45) is 1.82. The molecule has 0 amide bonds. The molecule has 0 aliphatic rings. The first-order chi connectivity index (χ1) is 10.1. The highest BCUT2D eigenvalue weighted by molar-refractivity contribution is 6.42. The first kappa shape index (κ1) is 16.3. The summed E-state index contributed by atoms with van der Waals surface area (Å²) >= 11 is 12.0. The summed E-state index contributed by atoms with van der Waals surface area (Å²) in [5.74, 6) is -0.220. The second kappa shape index (κ2) is 7.79. The lowest BCUT2D eigenvalue weighted by Crippen LogP contribution is -2.24. The summed E-state index contributed by atoms with van der Waals surface area (Å²) in [4.78, 5) is 0. The Morgan fingerprint density at radius 3 is 2.38 bits per heavy atom. The largest absolute Gasteiger partial charge is 0.310 e. The van der Waals surface area contributed by atoms with E-state index in [9.17, 15) is 4.39 Å². The van der Waals surface area contributed by atoms with Crippen molar-refractivity contribution in [2.75, 3.05) is 6.54 Å². The van der Waals surface area contributed by atoms with E-state index in [2.05, 4.69) is 12.2 Å². The fourth-order valence-electron chi connectivity index (χ4n) is 2.22. The van der Waals surface area contributed by atoms with Crippen molar-refractivity contribution in [1.29, 1.82) is 0 Å². The molecule has 112 valence electrons. The molecule has 1 nitrogen and oxygen atoms in total. The van der Waals surface area contributed by atoms with Gasteiger partial charge in [-0.05, 0) is 54.8 Å². The van der Waals surface area contributed by atoms with Gasteiger partial charge in [-0.1, -0.05) is 48.3 Å². The summed E-state index contributed by atoms with van der Waals surface area (Å²) in [5, 5.41) is 4.60. The van der Waals surface area contributed by atoms with Crippen LogP contribution in [-0.4, -0.2) is 6.54 Å². The van der Waals surface area contributed by atoms with Gasteiger partial charge in [0, 0.05) is 6.04 Å². The Balaban J connectivity index is 2.19. The van der Waals surface area contributed by atoms with Gasteiger partial charge in [0.15, 0.2) is 0 Å². The van der Waals surface area contributed by atoms with Gasteiger partial charge in [-0.25, -0.2) is 4.39 Å². The number of benzene rings is 2. The van der Waals surface area contributed by atoms with E-state index in [-0.39, 0.29) is 11.9 Å². The van der Waals surface area contributed by atoms with Crippen molar-refractivity contribution in [2.24, 2.45) is 0 Å². The molecule has 4 heteroatoms. The summed E-state index contributed by atoms with van der Waals surface area (Å²) in [6, 6.07) is 12.4. The van der Waals surface area contributed by atoms with E-state index in [0.29, 0.717) is 10.0 Å². The molecule has 0 radical (unpaired) electrons. The lowest BCUT2D eigenvalue weighted by molar-refractivity contribution is 0.527. The van der Waals surface area contributed by atoms with E-state index < -0.39 is 0 Å². The van der Waals surface area contributed by atoms with Crippen LogP contribution >= 0.6 is 23.2 Å². The molecule has 0 aliphatic carbocycles. The highest BCUT2D eigenvalue weighted by Gasteiger charge is 2.12. The smallest absolute Gasteiger partial charge is 0.123 e. The van der Waals surface area contributed by atoms with Crippen molar-refractivity contribution in [1.82, 2.24) is 5.32 Å². The third-order valence-corrected chi connectivity index (χ3v) is 4.08. The quantitative estimate of drug-likeness (QED) is 0.748. The molecule has 2 rings (SSSR count). The average molecular weight is 326 g/mol. The molecule has 21 heavy (non-hydrogen) atoms. The van der Waals surface area contributed by atoms with E-state index in [4.69, 9.17) is 23.2 Å². The van der Waals surface area contributed by atoms with Crippen molar-refractivity contribution in [3.8, 4) is 0 Å². The van der Waals surface area contributed by atoms with E-state index >= 15 is 0 Å². The maximum Gasteiger partial charge on any atom is 0.123 e. The molecule has 0 spiro atoms. The third-order valence-electron chi connectivity index (χ3n) is 3.34. The molecule has 0 bridgehead atoms. The number of hydrogen-bond donors (Lipinski definition) is 1. The predicted octanol–water partition coefficient (Wildman–Crippen LogP) is 5.42. The molecule has 1 atom stereocenters. The van der Waals surface area contributed by atoms with Crippen LogP contribution in [0, 0.1) is 5.82 Å². The van der Waals surface area contributed by atoms with Crippen LogP contribution in [0.25, 0.3) is 0 Å². The van der Waals surface area contributed by atoms with Gasteiger partial charge in [-0.3, -0.25) is 0 Å². The standard InChI is InChI=1S/C17H18Cl2FN/c1-2-9-21-17(13-4-6-14(20)7-5-13)11-12-3-8-15(18)16(19)10-12/h3-8,10,17,21H,2,9,11H2,1H3. The van der Waals surface area contributed by atoms with Gasteiger partial charge in [-0.2, -0.15) is 0 Å². The molecule has 0 aliphatic heterocycles. The molecule has 0 heterocycles. The SMILES string of the molecule is CCCNC(Cc1ccc(Cl)c(Cl)c1)c1ccc(F)cc1. The van der Waals surface area contributed by atoms with Crippen LogP contribution in [0.3, 0.4) is 0 Å². The number of halogens is 3. The summed E-state index contributed by atoms with van der Waals surface area (Å²) in [6.45, 7) is 3.03. The van der Waals surface area contributed by atoms with Gasteiger partial charge < -0.3 is 5.32 Å². The minimum Gasteiger partial charge on any atom is -0.310 e. The molecule has 0 saturated carbocycles. The fraction of sp³-hybridized carbons (Fsp3) is 0.294. The van der Waals surface area contributed by atoms with Crippen molar-refractivity contribution < 1.29 is 4.39 Å². The highest BCUT2D eigenvalue weighted by Crippen LogP contribution is 2.26. The van der Waals surface area contributed by atoms with Crippen molar-refractivity contribution >= 4 is 23.2 Å². The highest BCUT2D eigenvalue weighted by atomic mass is 35.5. The van der Waals surface area contributed by atoms with Crippen LogP contribution in [0.15, 0.2) is 42.5 Å². The van der Waals surface area contributed by atoms with E-state index in [0.717, 1.165) is 30.5 Å². The van der Waals surface area contributed by atoms with Crippen LogP contribution in [-0.2, 0) is 6.42 Å². The zero-order valence-electron chi connectivity index (χ0n) is 11.9. The zero-order valence-corrected chi connectivity index (χ0v) is 13.4. The maximum absolute atomic E-state index is 13.1. The van der Waals surface area contributed by atoms with Crippen LogP contribution in [0.2, 0.25) is 10.0 Å². The molecule has 0 aromatic heterocycles. The molecular weight excluding hydrogens is 308 g/mol. The Morgan fingerprint density at radius 1 is 1.05 bits per heavy atom. The zero-order chi connectivity index (χ0) is 15.2. The molecular formula is C17H18Cl2FN. The lowest BCUT2D eigenvalue weighted by atomic mass is 9.98. The van der Waals surface area contributed by atoms with Crippen LogP contribution in [0.5, 0.6) is 0 Å². The average Bonchev–Trinajstić information content (AvgIpc) is 2.48. The molecule has 0 saturated heterocycles.